The normalized spacial score (nSPS) is 17.5. The molecule has 0 radical (unpaired) electrons. The molecule has 9 nitrogen and oxygen atoms in total. The Morgan fingerprint density at radius 1 is 1.02 bits per heavy atom. The van der Waals surface area contributed by atoms with Gasteiger partial charge in [0.1, 0.15) is 5.54 Å². The summed E-state index contributed by atoms with van der Waals surface area (Å²) in [6, 6.07) is 14.8. The standard InChI is InChI=1S/C33H42Cl2N4O5/c1-37(31(42)24-8-4-3-5-9-24)23-26(25-11-12-27(34)28(35)22-25)14-19-38-20-15-33(16-21-38,39-18-7-6-10-29(39)40)32(43)36-17-13-30(41)44-2/h3-5,8-9,11-12,22,26H,6-7,10,13-21,23H2,1-2H3,(H,36,43)/t26-/m1/s1. The van der Waals surface area contributed by atoms with E-state index in [-0.39, 0.29) is 36.6 Å². The molecule has 0 saturated carbocycles. The van der Waals surface area contributed by atoms with Gasteiger partial charge in [0.25, 0.3) is 5.91 Å². The molecule has 238 valence electrons. The van der Waals surface area contributed by atoms with Gasteiger partial charge < -0.3 is 24.8 Å². The predicted octanol–water partition coefficient (Wildman–Crippen LogP) is 4.77. The molecule has 2 aromatic rings. The number of hydrogen-bond acceptors (Lipinski definition) is 6. The minimum absolute atomic E-state index is 0.000551. The molecule has 3 amide bonds. The molecule has 0 aliphatic carbocycles. The Kier molecular flexibility index (Phi) is 12.1. The number of likely N-dealkylation sites (N-methyl/N-ethyl adjacent to an activating group) is 1. The Bertz CT molecular complexity index is 1320. The van der Waals surface area contributed by atoms with E-state index in [1.807, 2.05) is 49.5 Å². The number of piperidine rings is 2. The lowest BCUT2D eigenvalue weighted by atomic mass is 9.82. The van der Waals surface area contributed by atoms with Crippen LogP contribution in [0.2, 0.25) is 10.0 Å². The first-order valence-electron chi connectivity index (χ1n) is 15.3. The van der Waals surface area contributed by atoms with Gasteiger partial charge in [0, 0.05) is 57.7 Å². The van der Waals surface area contributed by atoms with Crippen LogP contribution in [0.5, 0.6) is 0 Å². The lowest BCUT2D eigenvalue weighted by Gasteiger charge is -2.49. The topological polar surface area (TPSA) is 99.3 Å². The predicted molar refractivity (Wildman–Crippen MR) is 171 cm³/mol. The van der Waals surface area contributed by atoms with Crippen molar-refractivity contribution in [3.8, 4) is 0 Å². The molecule has 2 fully saturated rings. The number of hydrogen-bond donors (Lipinski definition) is 1. The summed E-state index contributed by atoms with van der Waals surface area (Å²) in [6.45, 7) is 3.24. The second-order valence-electron chi connectivity index (χ2n) is 11.7. The highest BCUT2D eigenvalue weighted by Crippen LogP contribution is 2.34. The van der Waals surface area contributed by atoms with Crippen molar-refractivity contribution in [2.24, 2.45) is 0 Å². The Balaban J connectivity index is 1.44. The zero-order chi connectivity index (χ0) is 31.7. The summed E-state index contributed by atoms with van der Waals surface area (Å²) in [5.41, 5.74) is 0.699. The molecule has 2 aliphatic rings. The maximum absolute atomic E-state index is 13.6. The number of benzene rings is 2. The van der Waals surface area contributed by atoms with Crippen LogP contribution in [0.15, 0.2) is 48.5 Å². The number of nitrogens with one attached hydrogen (secondary N) is 1. The number of likely N-dealkylation sites (tertiary alicyclic amines) is 2. The van der Waals surface area contributed by atoms with Gasteiger partial charge in [-0.15, -0.1) is 0 Å². The molecule has 2 heterocycles. The summed E-state index contributed by atoms with van der Waals surface area (Å²) in [5.74, 6) is -0.636. The number of carbonyl (C=O) groups is 4. The van der Waals surface area contributed by atoms with Crippen molar-refractivity contribution in [1.29, 1.82) is 0 Å². The number of ether oxygens (including phenoxy) is 1. The van der Waals surface area contributed by atoms with Crippen LogP contribution in [-0.2, 0) is 19.1 Å². The molecule has 4 rings (SSSR count). The SMILES string of the molecule is COC(=O)CCNC(=O)C1(N2CCCCC2=O)CCN(CC[C@H](CN(C)C(=O)c2ccccc2)c2ccc(Cl)c(Cl)c2)CC1. The van der Waals surface area contributed by atoms with Crippen LogP contribution in [-0.4, -0.2) is 97.4 Å². The molecule has 0 bridgehead atoms. The highest BCUT2D eigenvalue weighted by atomic mass is 35.5. The van der Waals surface area contributed by atoms with Crippen molar-refractivity contribution < 1.29 is 23.9 Å². The Hall–Kier alpha value is -3.14. The molecule has 0 unspecified atom stereocenters. The van der Waals surface area contributed by atoms with Gasteiger partial charge >= 0.3 is 5.97 Å². The number of esters is 1. The van der Waals surface area contributed by atoms with Gasteiger partial charge in [-0.3, -0.25) is 19.2 Å². The van der Waals surface area contributed by atoms with Gasteiger partial charge in [0.2, 0.25) is 11.8 Å². The van der Waals surface area contributed by atoms with Gasteiger partial charge in [-0.2, -0.15) is 0 Å². The molecule has 2 aromatic carbocycles. The minimum Gasteiger partial charge on any atom is -0.469 e. The largest absolute Gasteiger partial charge is 0.469 e. The molecule has 1 N–H and O–H groups in total. The van der Waals surface area contributed by atoms with E-state index in [0.29, 0.717) is 61.1 Å². The average molecular weight is 646 g/mol. The number of carbonyl (C=O) groups excluding carboxylic acids is 4. The van der Waals surface area contributed by atoms with E-state index in [4.69, 9.17) is 27.9 Å². The van der Waals surface area contributed by atoms with Crippen LogP contribution in [0.25, 0.3) is 0 Å². The van der Waals surface area contributed by atoms with Crippen molar-refractivity contribution in [3.63, 3.8) is 0 Å². The smallest absolute Gasteiger partial charge is 0.307 e. The first-order chi connectivity index (χ1) is 21.1. The Morgan fingerprint density at radius 3 is 2.41 bits per heavy atom. The minimum atomic E-state index is -0.935. The lowest BCUT2D eigenvalue weighted by molar-refractivity contribution is -0.154. The second-order valence-corrected chi connectivity index (χ2v) is 12.5. The lowest BCUT2D eigenvalue weighted by Crippen LogP contribution is -2.65. The first-order valence-corrected chi connectivity index (χ1v) is 16.0. The van der Waals surface area contributed by atoms with Crippen LogP contribution < -0.4 is 5.32 Å². The number of amides is 3. The quantitative estimate of drug-likeness (QED) is 0.334. The average Bonchev–Trinajstić information content (AvgIpc) is 3.04. The summed E-state index contributed by atoms with van der Waals surface area (Å²) in [6.07, 6.45) is 3.99. The van der Waals surface area contributed by atoms with Gasteiger partial charge in [-0.25, -0.2) is 0 Å². The zero-order valence-corrected chi connectivity index (χ0v) is 27.0. The van der Waals surface area contributed by atoms with Gasteiger partial charge in [0.15, 0.2) is 0 Å². The molecule has 2 aliphatic heterocycles. The summed E-state index contributed by atoms with van der Waals surface area (Å²) in [4.78, 5) is 57.2. The Labute approximate surface area is 269 Å². The summed E-state index contributed by atoms with van der Waals surface area (Å²) in [7, 11) is 3.13. The highest BCUT2D eigenvalue weighted by Gasteiger charge is 2.48. The summed E-state index contributed by atoms with van der Waals surface area (Å²) < 4.78 is 4.70. The summed E-state index contributed by atoms with van der Waals surface area (Å²) >= 11 is 12.6. The highest BCUT2D eigenvalue weighted by molar-refractivity contribution is 6.42. The van der Waals surface area contributed by atoms with E-state index >= 15 is 0 Å². The Morgan fingerprint density at radius 2 is 1.75 bits per heavy atom. The van der Waals surface area contributed by atoms with Crippen LogP contribution in [0.3, 0.4) is 0 Å². The van der Waals surface area contributed by atoms with Gasteiger partial charge in [-0.05, 0) is 68.5 Å². The van der Waals surface area contributed by atoms with E-state index < -0.39 is 11.5 Å². The molecule has 44 heavy (non-hydrogen) atoms. The molecule has 0 aromatic heterocycles. The first kappa shape index (κ1) is 33.7. The maximum atomic E-state index is 13.6. The molecular formula is C33H42Cl2N4O5. The van der Waals surface area contributed by atoms with Crippen molar-refractivity contribution in [1.82, 2.24) is 20.0 Å². The fourth-order valence-corrected chi connectivity index (χ4v) is 6.56. The van der Waals surface area contributed by atoms with Gasteiger partial charge in [0.05, 0.1) is 23.6 Å². The van der Waals surface area contributed by atoms with E-state index in [9.17, 15) is 19.2 Å². The van der Waals surface area contributed by atoms with Crippen LogP contribution in [0, 0.1) is 0 Å². The summed E-state index contributed by atoms with van der Waals surface area (Å²) in [5, 5.41) is 3.86. The number of methoxy groups -OCH3 is 1. The van der Waals surface area contributed by atoms with Crippen LogP contribution >= 0.6 is 23.2 Å². The van der Waals surface area contributed by atoms with E-state index in [1.165, 1.54) is 7.11 Å². The third-order valence-electron chi connectivity index (χ3n) is 8.86. The van der Waals surface area contributed by atoms with E-state index in [1.54, 1.807) is 15.9 Å². The number of nitrogens with zero attached hydrogens (tertiary/aromatic N) is 3. The fraction of sp³-hybridized carbons (Fsp3) is 0.515. The second kappa shape index (κ2) is 15.7. The molecule has 11 heteroatoms. The van der Waals surface area contributed by atoms with Crippen molar-refractivity contribution in [2.75, 3.05) is 53.4 Å². The van der Waals surface area contributed by atoms with Crippen LogP contribution in [0.4, 0.5) is 0 Å². The van der Waals surface area contributed by atoms with Crippen molar-refractivity contribution >= 4 is 46.9 Å². The molecular weight excluding hydrogens is 603 g/mol. The molecule has 0 spiro atoms. The van der Waals surface area contributed by atoms with E-state index in [2.05, 4.69) is 10.2 Å². The zero-order valence-electron chi connectivity index (χ0n) is 25.5. The maximum Gasteiger partial charge on any atom is 0.307 e. The van der Waals surface area contributed by atoms with Crippen molar-refractivity contribution in [2.45, 2.75) is 56.4 Å². The van der Waals surface area contributed by atoms with E-state index in [0.717, 1.165) is 31.4 Å². The van der Waals surface area contributed by atoms with Gasteiger partial charge in [-0.1, -0.05) is 47.5 Å². The monoisotopic (exact) mass is 644 g/mol. The van der Waals surface area contributed by atoms with Crippen LogP contribution in [0.1, 0.15) is 66.8 Å². The molecule has 1 atom stereocenters. The number of rotatable bonds is 12. The third-order valence-corrected chi connectivity index (χ3v) is 9.60. The fourth-order valence-electron chi connectivity index (χ4n) is 6.25. The third kappa shape index (κ3) is 8.31. The molecule has 2 saturated heterocycles. The number of halogens is 2. The van der Waals surface area contributed by atoms with Crippen molar-refractivity contribution in [3.05, 3.63) is 69.7 Å².